The molecule has 2 aliphatic heterocycles. The topological polar surface area (TPSA) is 47.0 Å². The molecule has 0 aromatic carbocycles. The zero-order valence-corrected chi connectivity index (χ0v) is 12.2. The average molecular weight is 277 g/mol. The Morgan fingerprint density at radius 2 is 2.00 bits per heavy atom. The second-order valence-corrected chi connectivity index (χ2v) is 6.91. The van der Waals surface area contributed by atoms with Crippen LogP contribution in [0.5, 0.6) is 0 Å². The maximum Gasteiger partial charge on any atom is 0.209 e. The molecule has 0 saturated carbocycles. The van der Waals surface area contributed by atoms with Gasteiger partial charge in [0.1, 0.15) is 0 Å². The van der Waals surface area contributed by atoms with Crippen molar-refractivity contribution in [1.82, 2.24) is 14.7 Å². The van der Waals surface area contributed by atoms with Crippen molar-refractivity contribution in [3.05, 3.63) is 0 Å². The van der Waals surface area contributed by atoms with Gasteiger partial charge in [0.05, 0.1) is 12.6 Å². The molecule has 3 atom stereocenters. The fraction of sp³-hybridized carbons (Fsp3) is 0.900. The molecule has 2 rings (SSSR count). The Morgan fingerprint density at radius 3 is 2.53 bits per heavy atom. The normalized spacial score (nSPS) is 28.5. The van der Waals surface area contributed by atoms with E-state index in [-0.39, 0.29) is 12.6 Å². The summed E-state index contributed by atoms with van der Waals surface area (Å²) in [5.41, 5.74) is 0.440. The molecule has 0 bridgehead atoms. The first-order chi connectivity index (χ1) is 8.15. The average Bonchev–Trinajstić information content (AvgIpc) is 2.27. The maximum atomic E-state index is 10.7. The van der Waals surface area contributed by atoms with Crippen LogP contribution in [-0.2, 0) is 4.79 Å². The van der Waals surface area contributed by atoms with Crippen molar-refractivity contribution in [2.45, 2.75) is 17.6 Å². The molecule has 98 valence electrons. The van der Waals surface area contributed by atoms with E-state index >= 15 is 0 Å². The standard InChI is InChI=1S/C10H21N3O2P2/c14-6-9-3-11(7-15)1-2-13(9)8-4-12(5-8)10(16)17/h7-10,14H,1-6,16-17H2. The van der Waals surface area contributed by atoms with Crippen LogP contribution in [-0.4, -0.2) is 83.2 Å². The first-order valence-corrected chi connectivity index (χ1v) is 7.30. The monoisotopic (exact) mass is 277 g/mol. The van der Waals surface area contributed by atoms with Gasteiger partial charge in [0, 0.05) is 44.3 Å². The summed E-state index contributed by atoms with van der Waals surface area (Å²) in [6, 6.07) is 0.637. The van der Waals surface area contributed by atoms with E-state index in [1.807, 2.05) is 0 Å². The Balaban J connectivity index is 1.87. The van der Waals surface area contributed by atoms with Gasteiger partial charge in [0.15, 0.2) is 0 Å². The van der Waals surface area contributed by atoms with Crippen molar-refractivity contribution in [2.75, 3.05) is 39.3 Å². The van der Waals surface area contributed by atoms with Crippen molar-refractivity contribution < 1.29 is 9.90 Å². The van der Waals surface area contributed by atoms with E-state index in [4.69, 9.17) is 0 Å². The summed E-state index contributed by atoms with van der Waals surface area (Å²) >= 11 is 0. The van der Waals surface area contributed by atoms with E-state index in [2.05, 4.69) is 28.3 Å². The summed E-state index contributed by atoms with van der Waals surface area (Å²) in [7, 11) is 5.55. The van der Waals surface area contributed by atoms with Gasteiger partial charge < -0.3 is 10.0 Å². The van der Waals surface area contributed by atoms with E-state index in [9.17, 15) is 9.90 Å². The largest absolute Gasteiger partial charge is 0.395 e. The Morgan fingerprint density at radius 1 is 1.29 bits per heavy atom. The van der Waals surface area contributed by atoms with Crippen LogP contribution in [0.1, 0.15) is 0 Å². The van der Waals surface area contributed by atoms with Crippen molar-refractivity contribution in [1.29, 1.82) is 0 Å². The molecule has 0 aromatic rings. The lowest BCUT2D eigenvalue weighted by molar-refractivity contribution is -0.123. The minimum atomic E-state index is 0.105. The maximum absolute atomic E-state index is 10.7. The molecule has 7 heteroatoms. The summed E-state index contributed by atoms with van der Waals surface area (Å²) < 4.78 is 0. The van der Waals surface area contributed by atoms with Crippen LogP contribution in [0.3, 0.4) is 0 Å². The molecule has 1 N–H and O–H groups in total. The minimum Gasteiger partial charge on any atom is -0.395 e. The second kappa shape index (κ2) is 5.90. The van der Waals surface area contributed by atoms with Crippen LogP contribution in [0.2, 0.25) is 0 Å². The summed E-state index contributed by atoms with van der Waals surface area (Å²) in [5.74, 6) is 0. The number of rotatable bonds is 4. The molecule has 0 aromatic heterocycles. The van der Waals surface area contributed by atoms with E-state index in [1.165, 1.54) is 0 Å². The highest BCUT2D eigenvalue weighted by Crippen LogP contribution is 2.26. The number of piperazine rings is 1. The fourth-order valence-electron chi connectivity index (χ4n) is 2.57. The number of likely N-dealkylation sites (tertiary alicyclic amines) is 1. The molecule has 2 aliphatic rings. The van der Waals surface area contributed by atoms with Crippen LogP contribution >= 0.6 is 18.5 Å². The third-order valence-electron chi connectivity index (χ3n) is 3.70. The van der Waals surface area contributed by atoms with Gasteiger partial charge in [0.25, 0.3) is 0 Å². The van der Waals surface area contributed by atoms with E-state index < -0.39 is 0 Å². The smallest absolute Gasteiger partial charge is 0.209 e. The lowest BCUT2D eigenvalue weighted by Crippen LogP contribution is -2.67. The molecule has 0 radical (unpaired) electrons. The van der Waals surface area contributed by atoms with Crippen molar-refractivity contribution in [3.63, 3.8) is 0 Å². The third kappa shape index (κ3) is 2.97. The molecular weight excluding hydrogens is 256 g/mol. The number of carbonyl (C=O) groups is 1. The molecule has 5 nitrogen and oxygen atoms in total. The lowest BCUT2D eigenvalue weighted by Gasteiger charge is -2.52. The summed E-state index contributed by atoms with van der Waals surface area (Å²) in [6.07, 6.45) is 0.883. The minimum absolute atomic E-state index is 0.105. The van der Waals surface area contributed by atoms with Crippen LogP contribution in [0.25, 0.3) is 0 Å². The van der Waals surface area contributed by atoms with Crippen molar-refractivity contribution >= 4 is 24.9 Å². The molecule has 1 amide bonds. The Hall–Kier alpha value is 0.210. The van der Waals surface area contributed by atoms with Crippen LogP contribution in [0, 0.1) is 0 Å². The second-order valence-electron chi connectivity index (χ2n) is 4.77. The number of hydrogen-bond acceptors (Lipinski definition) is 4. The van der Waals surface area contributed by atoms with Crippen LogP contribution in [0.15, 0.2) is 0 Å². The molecule has 0 spiro atoms. The van der Waals surface area contributed by atoms with E-state index in [0.29, 0.717) is 18.1 Å². The summed E-state index contributed by atoms with van der Waals surface area (Å²) in [4.78, 5) is 17.2. The highest BCUT2D eigenvalue weighted by Gasteiger charge is 2.38. The van der Waals surface area contributed by atoms with Crippen molar-refractivity contribution in [2.24, 2.45) is 0 Å². The van der Waals surface area contributed by atoms with Gasteiger partial charge in [-0.05, 0) is 0 Å². The Kier molecular flexibility index (Phi) is 4.73. The van der Waals surface area contributed by atoms with E-state index in [1.54, 1.807) is 4.90 Å². The SMILES string of the molecule is O=CN1CCN(C2CN(C(P)P)C2)C(CO)C1. The molecule has 2 heterocycles. The van der Waals surface area contributed by atoms with Gasteiger partial charge in [-0.15, -0.1) is 18.5 Å². The molecule has 3 unspecified atom stereocenters. The Bertz CT molecular complexity index is 274. The van der Waals surface area contributed by atoms with Gasteiger partial charge in [-0.3, -0.25) is 14.6 Å². The summed E-state index contributed by atoms with van der Waals surface area (Å²) in [5, 5.41) is 9.41. The molecule has 17 heavy (non-hydrogen) atoms. The first-order valence-electron chi connectivity index (χ1n) is 5.97. The van der Waals surface area contributed by atoms with Gasteiger partial charge in [-0.2, -0.15) is 0 Å². The fourth-order valence-corrected chi connectivity index (χ4v) is 3.06. The summed E-state index contributed by atoms with van der Waals surface area (Å²) in [6.45, 7) is 4.54. The van der Waals surface area contributed by atoms with Crippen LogP contribution < -0.4 is 0 Å². The molecule has 2 saturated heterocycles. The number of aliphatic hydroxyl groups excluding tert-OH is 1. The first kappa shape index (κ1) is 13.6. The van der Waals surface area contributed by atoms with Crippen molar-refractivity contribution in [3.8, 4) is 0 Å². The van der Waals surface area contributed by atoms with Gasteiger partial charge in [0.2, 0.25) is 6.41 Å². The lowest BCUT2D eigenvalue weighted by atomic mass is 10.0. The van der Waals surface area contributed by atoms with Gasteiger partial charge in [-0.25, -0.2) is 0 Å². The highest BCUT2D eigenvalue weighted by molar-refractivity contribution is 7.37. The molecule has 2 fully saturated rings. The number of carbonyl (C=O) groups excluding carboxylic acids is 1. The number of nitrogens with zero attached hydrogens (tertiary/aromatic N) is 3. The number of amides is 1. The number of hydrogen-bond donors (Lipinski definition) is 1. The highest BCUT2D eigenvalue weighted by atomic mass is 31.1. The van der Waals surface area contributed by atoms with Crippen LogP contribution in [0.4, 0.5) is 0 Å². The zero-order chi connectivity index (χ0) is 12.4. The van der Waals surface area contributed by atoms with E-state index in [0.717, 1.165) is 32.6 Å². The molecule has 0 aliphatic carbocycles. The predicted octanol–water partition coefficient (Wildman–Crippen LogP) is -1.16. The zero-order valence-electron chi connectivity index (χ0n) is 9.90. The number of aliphatic hydroxyl groups is 1. The van der Waals surface area contributed by atoms with Gasteiger partial charge >= 0.3 is 0 Å². The molecular formula is C10H21N3O2P2. The Labute approximate surface area is 107 Å². The quantitative estimate of drug-likeness (QED) is 0.520. The predicted molar refractivity (Wildman–Crippen MR) is 73.8 cm³/mol. The van der Waals surface area contributed by atoms with Gasteiger partial charge in [-0.1, -0.05) is 0 Å². The third-order valence-corrected chi connectivity index (χ3v) is 4.54.